The van der Waals surface area contributed by atoms with E-state index < -0.39 is 0 Å². The third-order valence-corrected chi connectivity index (χ3v) is 2.96. The Morgan fingerprint density at radius 3 is 2.57 bits per heavy atom. The number of hydrogen-bond acceptors (Lipinski definition) is 2. The summed E-state index contributed by atoms with van der Waals surface area (Å²) >= 11 is 0. The molecular formula is C12H20O2. The molecule has 0 radical (unpaired) electrons. The largest absolute Gasteiger partial charge is 0.501 e. The van der Waals surface area contributed by atoms with Crippen LogP contribution in [0.3, 0.4) is 0 Å². The lowest BCUT2D eigenvalue weighted by Crippen LogP contribution is -2.37. The molecule has 0 aromatic rings. The molecule has 0 atom stereocenters. The molecule has 0 bridgehead atoms. The highest BCUT2D eigenvalue weighted by Gasteiger charge is 2.41. The predicted octanol–water partition coefficient (Wildman–Crippen LogP) is 3.08. The van der Waals surface area contributed by atoms with Crippen molar-refractivity contribution in [1.29, 1.82) is 0 Å². The van der Waals surface area contributed by atoms with Crippen LogP contribution >= 0.6 is 0 Å². The summed E-state index contributed by atoms with van der Waals surface area (Å²) in [4.78, 5) is 11.0. The summed E-state index contributed by atoms with van der Waals surface area (Å²) in [6, 6.07) is 0. The highest BCUT2D eigenvalue weighted by atomic mass is 16.5. The average molecular weight is 196 g/mol. The molecule has 1 aliphatic rings. The number of Topliss-reactive ketones (excluding diaryl/α,β-unsaturated/α-hetero) is 1. The van der Waals surface area contributed by atoms with Gasteiger partial charge in [0.2, 0.25) is 0 Å². The van der Waals surface area contributed by atoms with Gasteiger partial charge in [0.05, 0.1) is 12.9 Å². The minimum Gasteiger partial charge on any atom is -0.501 e. The lowest BCUT2D eigenvalue weighted by Gasteiger charge is -2.39. The van der Waals surface area contributed by atoms with E-state index in [0.717, 1.165) is 32.3 Å². The number of carbonyl (C=O) groups excluding carboxylic acids is 1. The molecule has 0 saturated heterocycles. The molecule has 80 valence electrons. The third-order valence-electron chi connectivity index (χ3n) is 2.96. The predicted molar refractivity (Wildman–Crippen MR) is 57.0 cm³/mol. The molecule has 0 aromatic heterocycles. The quantitative estimate of drug-likeness (QED) is 0.499. The fourth-order valence-electron chi connectivity index (χ4n) is 1.89. The van der Waals surface area contributed by atoms with Crippen LogP contribution in [0.5, 0.6) is 0 Å². The zero-order valence-corrected chi connectivity index (χ0v) is 9.43. The number of rotatable bonds is 5. The molecule has 0 aliphatic heterocycles. The van der Waals surface area contributed by atoms with Crippen LogP contribution in [0, 0.1) is 5.41 Å². The molecule has 0 heterocycles. The molecule has 1 fully saturated rings. The minimum atomic E-state index is 0.270. The Hall–Kier alpha value is -0.790. The van der Waals surface area contributed by atoms with Crippen molar-refractivity contribution in [3.8, 4) is 0 Å². The highest BCUT2D eigenvalue weighted by molar-refractivity contribution is 5.86. The lowest BCUT2D eigenvalue weighted by molar-refractivity contribution is -0.133. The first-order chi connectivity index (χ1) is 6.58. The van der Waals surface area contributed by atoms with E-state index in [2.05, 4.69) is 6.92 Å². The Balaban J connectivity index is 2.23. The number of allylic oxidation sites excluding steroid dienone is 1. The van der Waals surface area contributed by atoms with Crippen LogP contribution in [0.4, 0.5) is 0 Å². The summed E-state index contributed by atoms with van der Waals surface area (Å²) < 4.78 is 5.39. The monoisotopic (exact) mass is 196 g/mol. The van der Waals surface area contributed by atoms with Gasteiger partial charge < -0.3 is 4.74 Å². The van der Waals surface area contributed by atoms with Gasteiger partial charge in [-0.05, 0) is 37.7 Å². The van der Waals surface area contributed by atoms with Gasteiger partial charge in [-0.25, -0.2) is 0 Å². The summed E-state index contributed by atoms with van der Waals surface area (Å²) in [5.74, 6) is 0.411. The summed E-state index contributed by atoms with van der Waals surface area (Å²) in [5.41, 5.74) is 1.45. The fourth-order valence-corrected chi connectivity index (χ4v) is 1.89. The van der Waals surface area contributed by atoms with Crippen LogP contribution in [0.2, 0.25) is 0 Å². The van der Waals surface area contributed by atoms with Gasteiger partial charge in [0, 0.05) is 12.8 Å². The molecule has 1 saturated carbocycles. The number of hydrogen-bond donors (Lipinski definition) is 0. The van der Waals surface area contributed by atoms with Crippen molar-refractivity contribution in [3.63, 3.8) is 0 Å². The maximum atomic E-state index is 11.0. The molecule has 0 aromatic carbocycles. The zero-order chi connectivity index (χ0) is 10.6. The van der Waals surface area contributed by atoms with Crippen LogP contribution < -0.4 is 0 Å². The van der Waals surface area contributed by atoms with Crippen molar-refractivity contribution in [2.75, 3.05) is 6.61 Å². The summed E-state index contributed by atoms with van der Waals surface area (Å²) in [5, 5.41) is 0. The third kappa shape index (κ3) is 2.86. The summed E-state index contributed by atoms with van der Waals surface area (Å²) in [7, 11) is 0. The maximum absolute atomic E-state index is 11.0. The first kappa shape index (κ1) is 11.3. The van der Waals surface area contributed by atoms with E-state index in [1.54, 1.807) is 6.26 Å². The normalized spacial score (nSPS) is 18.6. The molecule has 2 nitrogen and oxygen atoms in total. The molecule has 0 spiro atoms. The highest BCUT2D eigenvalue weighted by Crippen LogP contribution is 2.44. The van der Waals surface area contributed by atoms with Crippen molar-refractivity contribution in [2.45, 2.75) is 46.5 Å². The van der Waals surface area contributed by atoms with Gasteiger partial charge in [0.15, 0.2) is 0 Å². The van der Waals surface area contributed by atoms with Gasteiger partial charge >= 0.3 is 0 Å². The van der Waals surface area contributed by atoms with E-state index >= 15 is 0 Å². The van der Waals surface area contributed by atoms with Gasteiger partial charge in [-0.2, -0.15) is 0 Å². The Morgan fingerprint density at radius 2 is 2.14 bits per heavy atom. The van der Waals surface area contributed by atoms with E-state index in [0.29, 0.717) is 5.78 Å². The van der Waals surface area contributed by atoms with E-state index in [1.165, 1.54) is 5.57 Å². The Kier molecular flexibility index (Phi) is 3.73. The molecule has 1 aliphatic carbocycles. The van der Waals surface area contributed by atoms with Crippen molar-refractivity contribution in [2.24, 2.45) is 5.41 Å². The maximum Gasteiger partial charge on any atom is 0.134 e. The van der Waals surface area contributed by atoms with Crippen LogP contribution in [-0.2, 0) is 9.53 Å². The van der Waals surface area contributed by atoms with Crippen LogP contribution in [0.15, 0.2) is 11.8 Å². The fraction of sp³-hybridized carbons (Fsp3) is 0.750. The average Bonchev–Trinajstić information content (AvgIpc) is 2.08. The van der Waals surface area contributed by atoms with Crippen LogP contribution in [-0.4, -0.2) is 12.4 Å². The summed E-state index contributed by atoms with van der Waals surface area (Å²) in [6.07, 6.45) is 5.43. The number of ether oxygens (including phenoxy) is 1. The second-order valence-corrected chi connectivity index (χ2v) is 4.56. The summed E-state index contributed by atoms with van der Waals surface area (Å²) in [6.45, 7) is 6.94. The van der Waals surface area contributed by atoms with E-state index in [-0.39, 0.29) is 5.41 Å². The zero-order valence-electron chi connectivity index (χ0n) is 9.43. The van der Waals surface area contributed by atoms with Crippen LogP contribution in [0.1, 0.15) is 46.5 Å². The van der Waals surface area contributed by atoms with Crippen LogP contribution in [0.25, 0.3) is 0 Å². The van der Waals surface area contributed by atoms with Gasteiger partial charge in [-0.3, -0.25) is 4.79 Å². The Morgan fingerprint density at radius 1 is 1.50 bits per heavy atom. The Labute approximate surface area is 86.3 Å². The van der Waals surface area contributed by atoms with E-state index in [1.807, 2.05) is 13.8 Å². The molecule has 0 N–H and O–H groups in total. The van der Waals surface area contributed by atoms with Gasteiger partial charge in [-0.15, -0.1) is 0 Å². The van der Waals surface area contributed by atoms with Crippen molar-refractivity contribution < 1.29 is 9.53 Å². The van der Waals surface area contributed by atoms with Gasteiger partial charge in [-0.1, -0.05) is 6.92 Å². The van der Waals surface area contributed by atoms with Gasteiger partial charge in [0.1, 0.15) is 5.78 Å². The second kappa shape index (κ2) is 4.63. The molecule has 1 rings (SSSR count). The molecule has 0 unspecified atom stereocenters. The smallest absolute Gasteiger partial charge is 0.134 e. The first-order valence-electron chi connectivity index (χ1n) is 5.35. The molecule has 2 heteroatoms. The minimum absolute atomic E-state index is 0.270. The number of carbonyl (C=O) groups is 1. The Bertz CT molecular complexity index is 229. The van der Waals surface area contributed by atoms with Crippen molar-refractivity contribution in [3.05, 3.63) is 11.8 Å². The molecule has 14 heavy (non-hydrogen) atoms. The van der Waals surface area contributed by atoms with Crippen molar-refractivity contribution in [1.82, 2.24) is 0 Å². The first-order valence-corrected chi connectivity index (χ1v) is 5.35. The number of ketones is 1. The van der Waals surface area contributed by atoms with Gasteiger partial charge in [0.25, 0.3) is 0 Å². The molecule has 0 amide bonds. The standard InChI is InChI=1S/C12H20O2/c1-4-12(7-11(13)8-12)5-6-14-9-10(2)3/h9H,4-8H2,1-3H3. The second-order valence-electron chi connectivity index (χ2n) is 4.56. The SMILES string of the molecule is CCC1(CCOC=C(C)C)CC(=O)C1. The van der Waals surface area contributed by atoms with E-state index in [9.17, 15) is 4.79 Å². The van der Waals surface area contributed by atoms with E-state index in [4.69, 9.17) is 4.74 Å². The van der Waals surface area contributed by atoms with Crippen molar-refractivity contribution >= 4 is 5.78 Å². The molecular weight excluding hydrogens is 176 g/mol. The topological polar surface area (TPSA) is 26.3 Å². The lowest BCUT2D eigenvalue weighted by atomic mass is 9.64.